The number of nitrogen functional groups attached to an aromatic ring is 1. The van der Waals surface area contributed by atoms with Crippen molar-refractivity contribution in [2.75, 3.05) is 23.5 Å². The first-order chi connectivity index (χ1) is 15.3. The number of aliphatic carboxylic acids is 1. The molecule has 2 aliphatic rings. The van der Waals surface area contributed by atoms with Gasteiger partial charge in [-0.2, -0.15) is 0 Å². The molecule has 2 aromatic rings. The fourth-order valence-electron chi connectivity index (χ4n) is 3.29. The molecule has 0 aromatic carbocycles. The number of rotatable bonds is 8. The molecule has 0 saturated carbocycles. The van der Waals surface area contributed by atoms with E-state index in [1.54, 1.807) is 18.7 Å². The number of aryl methyl sites for hydroxylation is 1. The standard InChI is InChI=1S/C16H18N8O4S4.Na/c1-23-16(20-21-22-23)32-4-6-3-30-13-8(12(26)24(13)9(6)14(27)28)19-11(25)10(29-2)7-5-31-15(17)18-7;/h5,8,10,13H,3-4H2,1-2H3,(H2,17,18)(H,19,25)(H,27,28);/q;+1/p-1. The molecule has 3 atom stereocenters. The van der Waals surface area contributed by atoms with Gasteiger partial charge in [0.25, 0.3) is 5.91 Å². The van der Waals surface area contributed by atoms with Crippen LogP contribution in [-0.4, -0.2) is 77.1 Å². The number of nitrogens with zero attached hydrogens (tertiary/aromatic N) is 6. The smallest absolute Gasteiger partial charge is 0.543 e. The number of aromatic nitrogens is 5. The van der Waals surface area contributed by atoms with E-state index >= 15 is 0 Å². The van der Waals surface area contributed by atoms with Crippen molar-refractivity contribution in [3.8, 4) is 0 Å². The van der Waals surface area contributed by atoms with E-state index in [0.29, 0.717) is 27.3 Å². The van der Waals surface area contributed by atoms with Gasteiger partial charge in [0.05, 0.1) is 17.4 Å². The van der Waals surface area contributed by atoms with E-state index in [1.807, 2.05) is 0 Å². The van der Waals surface area contributed by atoms with Gasteiger partial charge in [-0.15, -0.1) is 40.0 Å². The molecular formula is C16H17N8NaO4S4. The van der Waals surface area contributed by atoms with Crippen LogP contribution in [0.5, 0.6) is 0 Å². The molecule has 1 saturated heterocycles. The third kappa shape index (κ3) is 5.21. The minimum atomic E-state index is -1.43. The van der Waals surface area contributed by atoms with Crippen molar-refractivity contribution in [1.29, 1.82) is 0 Å². The van der Waals surface area contributed by atoms with E-state index in [0.717, 1.165) is 0 Å². The van der Waals surface area contributed by atoms with E-state index < -0.39 is 28.5 Å². The summed E-state index contributed by atoms with van der Waals surface area (Å²) in [5.41, 5.74) is 6.57. The van der Waals surface area contributed by atoms with Crippen LogP contribution < -0.4 is 45.7 Å². The van der Waals surface area contributed by atoms with Gasteiger partial charge in [-0.1, -0.05) is 11.8 Å². The number of anilines is 1. The van der Waals surface area contributed by atoms with Crippen molar-refractivity contribution in [3.05, 3.63) is 22.3 Å². The fraction of sp³-hybridized carbons (Fsp3) is 0.438. The number of carbonyl (C=O) groups is 3. The fourth-order valence-corrected chi connectivity index (χ4v) is 6.94. The van der Waals surface area contributed by atoms with Crippen molar-refractivity contribution >= 4 is 69.5 Å². The minimum absolute atomic E-state index is 0. The summed E-state index contributed by atoms with van der Waals surface area (Å²) in [6, 6.07) is -0.829. The molecule has 2 aliphatic heterocycles. The normalized spacial score (nSPS) is 20.5. The zero-order valence-electron chi connectivity index (χ0n) is 17.8. The van der Waals surface area contributed by atoms with Gasteiger partial charge in [-0.25, -0.2) is 9.67 Å². The topological polar surface area (TPSA) is 172 Å². The average Bonchev–Trinajstić information content (AvgIpc) is 3.37. The molecule has 170 valence electrons. The van der Waals surface area contributed by atoms with Crippen LogP contribution in [0.3, 0.4) is 0 Å². The molecule has 3 N–H and O–H groups in total. The molecule has 3 unspecified atom stereocenters. The van der Waals surface area contributed by atoms with Crippen LogP contribution in [0.1, 0.15) is 10.9 Å². The van der Waals surface area contributed by atoms with Gasteiger partial charge >= 0.3 is 29.6 Å². The number of carboxylic acid groups (broad SMARTS) is 1. The van der Waals surface area contributed by atoms with Crippen molar-refractivity contribution in [1.82, 2.24) is 35.4 Å². The molecule has 0 bridgehead atoms. The second kappa shape index (κ2) is 11.0. The average molecular weight is 537 g/mol. The molecule has 1 fully saturated rings. The zero-order valence-corrected chi connectivity index (χ0v) is 23.0. The Morgan fingerprint density at radius 3 is 2.79 bits per heavy atom. The van der Waals surface area contributed by atoms with Crippen molar-refractivity contribution in [3.63, 3.8) is 0 Å². The number of amides is 2. The number of fused-ring (bicyclic) bond motifs is 1. The van der Waals surface area contributed by atoms with Gasteiger partial charge in [-0.3, -0.25) is 14.5 Å². The van der Waals surface area contributed by atoms with Crippen LogP contribution in [0.4, 0.5) is 5.13 Å². The van der Waals surface area contributed by atoms with Gasteiger partial charge in [0.1, 0.15) is 16.7 Å². The summed E-state index contributed by atoms with van der Waals surface area (Å²) < 4.78 is 1.47. The summed E-state index contributed by atoms with van der Waals surface area (Å²) in [5.74, 6) is -1.64. The van der Waals surface area contributed by atoms with Gasteiger partial charge in [0.15, 0.2) is 5.13 Å². The number of β-lactam (4-membered cyclic amide) rings is 1. The Bertz CT molecular complexity index is 1110. The predicted molar refractivity (Wildman–Crippen MR) is 119 cm³/mol. The summed E-state index contributed by atoms with van der Waals surface area (Å²) in [6.45, 7) is 0. The number of hydrogen-bond acceptors (Lipinski definition) is 13. The summed E-state index contributed by atoms with van der Waals surface area (Å²) in [6.07, 6.45) is 1.76. The van der Waals surface area contributed by atoms with Gasteiger partial charge in [0, 0.05) is 23.9 Å². The zero-order chi connectivity index (χ0) is 23.0. The van der Waals surface area contributed by atoms with Gasteiger partial charge in [-0.05, 0) is 22.3 Å². The third-order valence-electron chi connectivity index (χ3n) is 4.78. The maximum atomic E-state index is 12.8. The monoisotopic (exact) mass is 536 g/mol. The van der Waals surface area contributed by atoms with Crippen LogP contribution in [0.15, 0.2) is 21.8 Å². The Kier molecular flexibility index (Phi) is 8.74. The first kappa shape index (κ1) is 26.3. The first-order valence-corrected chi connectivity index (χ1v) is 13.3. The van der Waals surface area contributed by atoms with Crippen molar-refractivity contribution in [2.24, 2.45) is 7.05 Å². The SMILES string of the molecule is CSC(C(=O)NC1C(=O)N2C(C(=O)[O-])=C(CSc3nnnn3C)CSC12)c1csc(N)n1.[Na+]. The second-order valence-electron chi connectivity index (χ2n) is 6.74. The van der Waals surface area contributed by atoms with Crippen LogP contribution in [0.25, 0.3) is 0 Å². The first-order valence-electron chi connectivity index (χ1n) is 9.09. The van der Waals surface area contributed by atoms with Crippen molar-refractivity contribution in [2.45, 2.75) is 21.8 Å². The second-order valence-corrected chi connectivity index (χ2v) is 10.6. The molecule has 4 rings (SSSR count). The molecule has 17 heteroatoms. The number of carbonyl (C=O) groups excluding carboxylic acids is 3. The largest absolute Gasteiger partial charge is 1.00 e. The Labute approximate surface area is 227 Å². The van der Waals surface area contributed by atoms with E-state index in [2.05, 4.69) is 25.8 Å². The van der Waals surface area contributed by atoms with Gasteiger partial charge in [0.2, 0.25) is 11.1 Å². The Balaban J connectivity index is 0.00000306. The molecule has 12 nitrogen and oxygen atoms in total. The summed E-state index contributed by atoms with van der Waals surface area (Å²) >= 11 is 5.16. The van der Waals surface area contributed by atoms with Crippen molar-refractivity contribution < 1.29 is 49.0 Å². The number of nitrogens with one attached hydrogen (secondary N) is 1. The molecule has 0 radical (unpaired) electrons. The number of nitrogens with two attached hydrogens (primary N) is 1. The molecule has 4 heterocycles. The Morgan fingerprint density at radius 2 is 2.21 bits per heavy atom. The van der Waals surface area contributed by atoms with Crippen LogP contribution in [0.2, 0.25) is 0 Å². The van der Waals surface area contributed by atoms with Crippen LogP contribution >= 0.6 is 46.6 Å². The Hall–Kier alpha value is -1.30. The minimum Gasteiger partial charge on any atom is -0.543 e. The van der Waals surface area contributed by atoms with Crippen LogP contribution in [-0.2, 0) is 21.4 Å². The number of carboxylic acids is 1. The predicted octanol–water partition coefficient (Wildman–Crippen LogP) is -4.15. The van der Waals surface area contributed by atoms with E-state index in [1.165, 1.54) is 56.2 Å². The third-order valence-corrected chi connectivity index (χ3v) is 8.83. The maximum absolute atomic E-state index is 12.8. The van der Waals surface area contributed by atoms with E-state index in [9.17, 15) is 19.5 Å². The molecular weight excluding hydrogens is 519 g/mol. The Morgan fingerprint density at radius 1 is 1.45 bits per heavy atom. The van der Waals surface area contributed by atoms with Crippen LogP contribution in [0, 0.1) is 0 Å². The summed E-state index contributed by atoms with van der Waals surface area (Å²) in [5, 5.41) is 27.2. The number of hydrogen-bond donors (Lipinski definition) is 2. The molecule has 33 heavy (non-hydrogen) atoms. The quantitative estimate of drug-likeness (QED) is 0.190. The molecule has 2 amide bonds. The molecule has 2 aromatic heterocycles. The summed E-state index contributed by atoms with van der Waals surface area (Å²) in [4.78, 5) is 42.8. The summed E-state index contributed by atoms with van der Waals surface area (Å²) in [7, 11) is 1.68. The van der Waals surface area contributed by atoms with E-state index in [-0.39, 0.29) is 46.9 Å². The maximum Gasteiger partial charge on any atom is 1.00 e. The number of tetrazole rings is 1. The van der Waals surface area contributed by atoms with Gasteiger partial charge < -0.3 is 21.0 Å². The number of thiazole rings is 1. The number of thioether (sulfide) groups is 3. The molecule has 0 aliphatic carbocycles. The van der Waals surface area contributed by atoms with E-state index in [4.69, 9.17) is 5.73 Å². The molecule has 0 spiro atoms.